The number of benzene rings is 1. The maximum Gasteiger partial charge on any atom is 0.319 e. The van der Waals surface area contributed by atoms with Crippen LogP contribution in [-0.4, -0.2) is 41.0 Å². The topological polar surface area (TPSA) is 131 Å². The number of amides is 4. The highest BCUT2D eigenvalue weighted by Crippen LogP contribution is 2.26. The summed E-state index contributed by atoms with van der Waals surface area (Å²) in [6, 6.07) is 2.53. The van der Waals surface area contributed by atoms with Gasteiger partial charge in [-0.15, -0.1) is 0 Å². The first-order chi connectivity index (χ1) is 10.9. The molecule has 124 valence electrons. The van der Waals surface area contributed by atoms with Crippen LogP contribution in [0.15, 0.2) is 18.2 Å². The van der Waals surface area contributed by atoms with E-state index in [1.807, 2.05) is 0 Å². The Morgan fingerprint density at radius 2 is 2.17 bits per heavy atom. The largest absolute Gasteiger partial charge is 0.351 e. The van der Waals surface area contributed by atoms with E-state index in [1.165, 1.54) is 17.0 Å². The van der Waals surface area contributed by atoms with E-state index in [1.54, 1.807) is 0 Å². The number of anilines is 1. The third-order valence-corrected chi connectivity index (χ3v) is 3.79. The highest BCUT2D eigenvalue weighted by atomic mass is 35.5. The maximum atomic E-state index is 12.0. The number of nitro groups is 1. The first kappa shape index (κ1) is 16.8. The number of carbonyl (C=O) groups is 2. The van der Waals surface area contributed by atoms with Crippen molar-refractivity contribution >= 4 is 35.0 Å². The van der Waals surface area contributed by atoms with Gasteiger partial charge in [-0.1, -0.05) is 11.6 Å². The summed E-state index contributed by atoms with van der Waals surface area (Å²) in [5, 5.41) is 16.0. The van der Waals surface area contributed by atoms with Crippen molar-refractivity contribution in [1.29, 1.82) is 0 Å². The summed E-state index contributed by atoms with van der Waals surface area (Å²) >= 11 is 5.91. The lowest BCUT2D eigenvalue weighted by atomic mass is 10.1. The lowest BCUT2D eigenvalue weighted by molar-refractivity contribution is -0.384. The number of nitrogens with two attached hydrogens (primary N) is 1. The number of nitro benzene ring substituents is 1. The number of piperidine rings is 1. The van der Waals surface area contributed by atoms with Crippen molar-refractivity contribution in [2.24, 2.45) is 5.73 Å². The molecule has 4 N–H and O–H groups in total. The molecule has 0 saturated carbocycles. The molecule has 0 radical (unpaired) electrons. The molecule has 0 bridgehead atoms. The van der Waals surface area contributed by atoms with Crippen LogP contribution in [0.2, 0.25) is 5.02 Å². The van der Waals surface area contributed by atoms with Gasteiger partial charge >= 0.3 is 12.1 Å². The molecule has 1 aliphatic rings. The third kappa shape index (κ3) is 4.46. The Labute approximate surface area is 136 Å². The summed E-state index contributed by atoms with van der Waals surface area (Å²) in [4.78, 5) is 34.7. The maximum absolute atomic E-state index is 12.0. The number of carbonyl (C=O) groups excluding carboxylic acids is 2. The molecule has 4 amide bonds. The highest BCUT2D eigenvalue weighted by molar-refractivity contribution is 6.33. The van der Waals surface area contributed by atoms with Crippen molar-refractivity contribution in [1.82, 2.24) is 10.2 Å². The van der Waals surface area contributed by atoms with E-state index in [9.17, 15) is 19.7 Å². The van der Waals surface area contributed by atoms with Crippen molar-refractivity contribution in [2.45, 2.75) is 18.9 Å². The number of primary amides is 1. The number of nitrogens with one attached hydrogen (secondary N) is 2. The van der Waals surface area contributed by atoms with E-state index in [0.717, 1.165) is 18.9 Å². The molecular formula is C13H16ClN5O4. The second-order valence-corrected chi connectivity index (χ2v) is 5.55. The van der Waals surface area contributed by atoms with Gasteiger partial charge in [-0.05, 0) is 18.9 Å². The van der Waals surface area contributed by atoms with Crippen molar-refractivity contribution in [3.8, 4) is 0 Å². The number of non-ortho nitro benzene ring substituents is 1. The van der Waals surface area contributed by atoms with Crippen molar-refractivity contribution in [3.63, 3.8) is 0 Å². The fourth-order valence-electron chi connectivity index (χ4n) is 2.36. The van der Waals surface area contributed by atoms with Gasteiger partial charge in [0.2, 0.25) is 0 Å². The Kier molecular flexibility index (Phi) is 5.22. The first-order valence-corrected chi connectivity index (χ1v) is 7.30. The number of hydrogen-bond acceptors (Lipinski definition) is 4. The summed E-state index contributed by atoms with van der Waals surface area (Å²) in [5.74, 6) is 0. The first-order valence-electron chi connectivity index (χ1n) is 6.92. The number of nitrogens with zero attached hydrogens (tertiary/aromatic N) is 2. The van der Waals surface area contributed by atoms with Crippen LogP contribution in [0.3, 0.4) is 0 Å². The molecule has 10 heteroatoms. The average Bonchev–Trinajstić information content (AvgIpc) is 2.49. The van der Waals surface area contributed by atoms with Gasteiger partial charge in [-0.2, -0.15) is 0 Å². The second-order valence-electron chi connectivity index (χ2n) is 5.14. The van der Waals surface area contributed by atoms with Crippen LogP contribution in [0.5, 0.6) is 0 Å². The van der Waals surface area contributed by atoms with Crippen LogP contribution in [0.25, 0.3) is 0 Å². The lowest BCUT2D eigenvalue weighted by Gasteiger charge is -2.31. The van der Waals surface area contributed by atoms with Gasteiger partial charge < -0.3 is 21.3 Å². The smallest absolute Gasteiger partial charge is 0.319 e. The fraction of sp³-hybridized carbons (Fsp3) is 0.385. The molecule has 1 fully saturated rings. The number of likely N-dealkylation sites (tertiary alicyclic amines) is 1. The Morgan fingerprint density at radius 3 is 2.78 bits per heavy atom. The van der Waals surface area contributed by atoms with Crippen LogP contribution < -0.4 is 16.4 Å². The van der Waals surface area contributed by atoms with Crippen molar-refractivity contribution in [3.05, 3.63) is 33.3 Å². The molecule has 1 unspecified atom stereocenters. The lowest BCUT2D eigenvalue weighted by Crippen LogP contribution is -2.51. The molecule has 0 aromatic heterocycles. The molecule has 2 rings (SSSR count). The number of hydrogen-bond donors (Lipinski definition) is 3. The summed E-state index contributed by atoms with van der Waals surface area (Å²) in [6.07, 6.45) is 1.47. The van der Waals surface area contributed by atoms with E-state index in [2.05, 4.69) is 10.6 Å². The quantitative estimate of drug-likeness (QED) is 0.572. The van der Waals surface area contributed by atoms with Gasteiger partial charge in [0, 0.05) is 31.3 Å². The number of urea groups is 2. The summed E-state index contributed by atoms with van der Waals surface area (Å²) < 4.78 is 0. The predicted octanol–water partition coefficient (Wildman–Crippen LogP) is 1.91. The van der Waals surface area contributed by atoms with Gasteiger partial charge in [0.25, 0.3) is 5.69 Å². The Balaban J connectivity index is 1.94. The van der Waals surface area contributed by atoms with E-state index < -0.39 is 17.0 Å². The van der Waals surface area contributed by atoms with Crippen molar-refractivity contribution in [2.75, 3.05) is 18.4 Å². The monoisotopic (exact) mass is 341 g/mol. The van der Waals surface area contributed by atoms with Crippen LogP contribution in [-0.2, 0) is 0 Å². The molecule has 1 aromatic carbocycles. The van der Waals surface area contributed by atoms with Gasteiger partial charge in [0.05, 0.1) is 15.6 Å². The minimum atomic E-state index is -0.573. The minimum Gasteiger partial charge on any atom is -0.351 e. The second kappa shape index (κ2) is 7.14. The third-order valence-electron chi connectivity index (χ3n) is 3.48. The van der Waals surface area contributed by atoms with Gasteiger partial charge in [0.15, 0.2) is 0 Å². The molecular weight excluding hydrogens is 326 g/mol. The van der Waals surface area contributed by atoms with Crippen LogP contribution in [0, 0.1) is 10.1 Å². The summed E-state index contributed by atoms with van der Waals surface area (Å²) in [7, 11) is 0. The Bertz CT molecular complexity index is 639. The molecule has 1 atom stereocenters. The molecule has 23 heavy (non-hydrogen) atoms. The van der Waals surface area contributed by atoms with Crippen LogP contribution in [0.4, 0.5) is 21.0 Å². The SMILES string of the molecule is NC(=O)N1CCCC(NC(=O)Nc2ccc([N+](=O)[O-])cc2Cl)C1. The number of rotatable bonds is 3. The van der Waals surface area contributed by atoms with Crippen LogP contribution in [0.1, 0.15) is 12.8 Å². The zero-order valence-corrected chi connectivity index (χ0v) is 12.9. The Morgan fingerprint density at radius 1 is 1.43 bits per heavy atom. The zero-order valence-electron chi connectivity index (χ0n) is 12.1. The van der Waals surface area contributed by atoms with Gasteiger partial charge in [-0.3, -0.25) is 10.1 Å². The predicted molar refractivity (Wildman–Crippen MR) is 84.4 cm³/mol. The average molecular weight is 342 g/mol. The number of halogens is 1. The van der Waals surface area contributed by atoms with Crippen molar-refractivity contribution < 1.29 is 14.5 Å². The molecule has 0 aliphatic carbocycles. The molecule has 1 aliphatic heterocycles. The van der Waals surface area contributed by atoms with E-state index >= 15 is 0 Å². The zero-order chi connectivity index (χ0) is 17.0. The summed E-state index contributed by atoms with van der Waals surface area (Å²) in [6.45, 7) is 0.917. The standard InChI is InChI=1S/C13H16ClN5O4/c14-10-6-9(19(22)23)3-4-11(10)17-13(21)16-8-2-1-5-18(7-8)12(15)20/h3-4,6,8H,1-2,5,7H2,(H2,15,20)(H2,16,17,21). The molecule has 1 saturated heterocycles. The van der Waals surface area contributed by atoms with E-state index in [0.29, 0.717) is 13.1 Å². The minimum absolute atomic E-state index is 0.0664. The van der Waals surface area contributed by atoms with Crippen LogP contribution >= 0.6 is 11.6 Å². The fourth-order valence-corrected chi connectivity index (χ4v) is 2.58. The molecule has 9 nitrogen and oxygen atoms in total. The molecule has 1 heterocycles. The van der Waals surface area contributed by atoms with E-state index in [4.69, 9.17) is 17.3 Å². The highest BCUT2D eigenvalue weighted by Gasteiger charge is 2.23. The normalized spacial score (nSPS) is 17.4. The Hall–Kier alpha value is -2.55. The van der Waals surface area contributed by atoms with Gasteiger partial charge in [-0.25, -0.2) is 9.59 Å². The van der Waals surface area contributed by atoms with Gasteiger partial charge in [0.1, 0.15) is 0 Å². The van der Waals surface area contributed by atoms with E-state index in [-0.39, 0.29) is 22.4 Å². The molecule has 0 spiro atoms. The molecule has 1 aromatic rings. The summed E-state index contributed by atoms with van der Waals surface area (Å²) in [5.41, 5.74) is 5.33.